The van der Waals surface area contributed by atoms with Gasteiger partial charge in [-0.15, -0.1) is 0 Å². The first-order valence-corrected chi connectivity index (χ1v) is 7.16. The zero-order valence-electron chi connectivity index (χ0n) is 11.6. The van der Waals surface area contributed by atoms with Gasteiger partial charge in [0.25, 0.3) is 0 Å². The number of nitrogens with zero attached hydrogens (tertiary/aromatic N) is 1. The highest BCUT2D eigenvalue weighted by Gasteiger charge is 2.17. The van der Waals surface area contributed by atoms with Crippen LogP contribution in [0.1, 0.15) is 19.4 Å². The molecule has 6 heteroatoms. The minimum absolute atomic E-state index is 0.214. The molecule has 0 aliphatic heterocycles. The first kappa shape index (κ1) is 16.5. The SMILES string of the molecule is CC(C)CN(CC(=O)O)C(=O)NCc1cccc(Br)c1. The molecule has 2 amide bonds. The van der Waals surface area contributed by atoms with E-state index in [0.717, 1.165) is 10.0 Å². The second-order valence-corrected chi connectivity index (χ2v) is 5.87. The maximum Gasteiger partial charge on any atom is 0.323 e. The van der Waals surface area contributed by atoms with Gasteiger partial charge in [-0.1, -0.05) is 41.9 Å². The van der Waals surface area contributed by atoms with E-state index >= 15 is 0 Å². The molecule has 5 nitrogen and oxygen atoms in total. The van der Waals surface area contributed by atoms with E-state index in [4.69, 9.17) is 5.11 Å². The summed E-state index contributed by atoms with van der Waals surface area (Å²) < 4.78 is 0.939. The fourth-order valence-electron chi connectivity index (χ4n) is 1.76. The van der Waals surface area contributed by atoms with Crippen LogP contribution in [0.4, 0.5) is 4.79 Å². The smallest absolute Gasteiger partial charge is 0.323 e. The van der Waals surface area contributed by atoms with Gasteiger partial charge in [-0.3, -0.25) is 4.79 Å². The van der Waals surface area contributed by atoms with Crippen LogP contribution in [-0.4, -0.2) is 35.1 Å². The van der Waals surface area contributed by atoms with Gasteiger partial charge in [0, 0.05) is 17.6 Å². The van der Waals surface area contributed by atoms with E-state index in [1.165, 1.54) is 4.90 Å². The number of aliphatic carboxylic acids is 1. The number of carboxylic acid groups (broad SMARTS) is 1. The van der Waals surface area contributed by atoms with Crippen molar-refractivity contribution in [1.29, 1.82) is 0 Å². The highest BCUT2D eigenvalue weighted by atomic mass is 79.9. The summed E-state index contributed by atoms with van der Waals surface area (Å²) in [7, 11) is 0. The molecule has 0 saturated heterocycles. The van der Waals surface area contributed by atoms with Crippen LogP contribution in [0.2, 0.25) is 0 Å². The van der Waals surface area contributed by atoms with Crippen LogP contribution in [0.15, 0.2) is 28.7 Å². The Kier molecular flexibility index (Phi) is 6.51. The summed E-state index contributed by atoms with van der Waals surface area (Å²) in [6.45, 7) is 4.37. The van der Waals surface area contributed by atoms with Gasteiger partial charge in [-0.2, -0.15) is 0 Å². The second kappa shape index (κ2) is 7.89. The molecule has 110 valence electrons. The molecular formula is C14H19BrN2O3. The molecule has 1 aromatic carbocycles. The number of urea groups is 1. The third-order valence-electron chi connectivity index (χ3n) is 2.53. The summed E-state index contributed by atoms with van der Waals surface area (Å²) in [5.41, 5.74) is 0.951. The Bertz CT molecular complexity index is 477. The van der Waals surface area contributed by atoms with Crippen molar-refractivity contribution in [3.8, 4) is 0 Å². The molecule has 0 saturated carbocycles. The molecule has 0 heterocycles. The molecule has 0 bridgehead atoms. The van der Waals surface area contributed by atoms with Crippen LogP contribution in [-0.2, 0) is 11.3 Å². The first-order valence-electron chi connectivity index (χ1n) is 6.37. The van der Waals surface area contributed by atoms with E-state index in [9.17, 15) is 9.59 Å². The Labute approximate surface area is 127 Å². The number of carbonyl (C=O) groups excluding carboxylic acids is 1. The molecule has 0 aliphatic rings. The average molecular weight is 343 g/mol. The predicted molar refractivity (Wildman–Crippen MR) is 80.4 cm³/mol. The van der Waals surface area contributed by atoms with Crippen molar-refractivity contribution in [2.75, 3.05) is 13.1 Å². The second-order valence-electron chi connectivity index (χ2n) is 4.96. The largest absolute Gasteiger partial charge is 0.480 e. The molecule has 0 radical (unpaired) electrons. The summed E-state index contributed by atoms with van der Waals surface area (Å²) in [6, 6.07) is 7.23. The number of carbonyl (C=O) groups is 2. The number of amides is 2. The van der Waals surface area contributed by atoms with Crippen molar-refractivity contribution in [3.63, 3.8) is 0 Å². The Morgan fingerprint density at radius 1 is 1.40 bits per heavy atom. The summed E-state index contributed by atoms with van der Waals surface area (Å²) in [4.78, 5) is 24.1. The lowest BCUT2D eigenvalue weighted by Gasteiger charge is -2.23. The van der Waals surface area contributed by atoms with E-state index in [1.54, 1.807) is 0 Å². The number of benzene rings is 1. The van der Waals surface area contributed by atoms with Crippen molar-refractivity contribution in [2.45, 2.75) is 20.4 Å². The van der Waals surface area contributed by atoms with E-state index in [2.05, 4.69) is 21.2 Å². The van der Waals surface area contributed by atoms with Crippen LogP contribution in [0.5, 0.6) is 0 Å². The molecule has 1 aromatic rings. The van der Waals surface area contributed by atoms with E-state index in [0.29, 0.717) is 13.1 Å². The van der Waals surface area contributed by atoms with Crippen molar-refractivity contribution < 1.29 is 14.7 Å². The van der Waals surface area contributed by atoms with Gasteiger partial charge in [-0.25, -0.2) is 4.79 Å². The average Bonchev–Trinajstić information content (AvgIpc) is 2.34. The maximum absolute atomic E-state index is 12.0. The number of carboxylic acids is 1. The third-order valence-corrected chi connectivity index (χ3v) is 3.02. The Hall–Kier alpha value is -1.56. The Balaban J connectivity index is 2.59. The molecular weight excluding hydrogens is 324 g/mol. The zero-order valence-corrected chi connectivity index (χ0v) is 13.2. The number of hydrogen-bond acceptors (Lipinski definition) is 2. The van der Waals surface area contributed by atoms with Crippen molar-refractivity contribution >= 4 is 27.9 Å². The van der Waals surface area contributed by atoms with Crippen LogP contribution >= 0.6 is 15.9 Å². The lowest BCUT2D eigenvalue weighted by molar-refractivity contribution is -0.137. The van der Waals surface area contributed by atoms with Gasteiger partial charge in [0.2, 0.25) is 0 Å². The summed E-state index contributed by atoms with van der Waals surface area (Å²) in [5.74, 6) is -0.797. The van der Waals surface area contributed by atoms with Gasteiger partial charge < -0.3 is 15.3 Å². The van der Waals surface area contributed by atoms with Crippen LogP contribution in [0, 0.1) is 5.92 Å². The van der Waals surface area contributed by atoms with Crippen LogP contribution in [0.3, 0.4) is 0 Å². The molecule has 0 fully saturated rings. The van der Waals surface area contributed by atoms with Gasteiger partial charge in [0.15, 0.2) is 0 Å². The lowest BCUT2D eigenvalue weighted by Crippen LogP contribution is -2.44. The molecule has 0 aromatic heterocycles. The summed E-state index contributed by atoms with van der Waals surface area (Å²) in [5, 5.41) is 11.6. The quantitative estimate of drug-likeness (QED) is 0.834. The fraction of sp³-hybridized carbons (Fsp3) is 0.429. The van der Waals surface area contributed by atoms with Gasteiger partial charge in [0.05, 0.1) is 0 Å². The van der Waals surface area contributed by atoms with E-state index in [-0.39, 0.29) is 18.5 Å². The minimum Gasteiger partial charge on any atom is -0.480 e. The molecule has 0 spiro atoms. The van der Waals surface area contributed by atoms with E-state index in [1.807, 2.05) is 38.1 Å². The highest BCUT2D eigenvalue weighted by Crippen LogP contribution is 2.11. The fourth-order valence-corrected chi connectivity index (χ4v) is 2.21. The number of hydrogen-bond donors (Lipinski definition) is 2. The van der Waals surface area contributed by atoms with E-state index < -0.39 is 5.97 Å². The number of rotatable bonds is 6. The van der Waals surface area contributed by atoms with Gasteiger partial charge in [-0.05, 0) is 23.6 Å². The standard InChI is InChI=1S/C14H19BrN2O3/c1-10(2)8-17(9-13(18)19)14(20)16-7-11-4-3-5-12(15)6-11/h3-6,10H,7-9H2,1-2H3,(H,16,20)(H,18,19). The Morgan fingerprint density at radius 2 is 2.10 bits per heavy atom. The first-order chi connectivity index (χ1) is 9.38. The molecule has 0 unspecified atom stereocenters. The van der Waals surface area contributed by atoms with Crippen LogP contribution < -0.4 is 5.32 Å². The van der Waals surface area contributed by atoms with Crippen molar-refractivity contribution in [3.05, 3.63) is 34.3 Å². The van der Waals surface area contributed by atoms with Crippen molar-refractivity contribution in [2.24, 2.45) is 5.92 Å². The zero-order chi connectivity index (χ0) is 15.1. The molecule has 1 rings (SSSR count). The number of halogens is 1. The lowest BCUT2D eigenvalue weighted by atomic mass is 10.2. The molecule has 20 heavy (non-hydrogen) atoms. The Morgan fingerprint density at radius 3 is 2.65 bits per heavy atom. The molecule has 0 aliphatic carbocycles. The third kappa shape index (κ3) is 6.06. The normalized spacial score (nSPS) is 10.4. The van der Waals surface area contributed by atoms with Gasteiger partial charge >= 0.3 is 12.0 Å². The van der Waals surface area contributed by atoms with Crippen molar-refractivity contribution in [1.82, 2.24) is 10.2 Å². The number of nitrogens with one attached hydrogen (secondary N) is 1. The maximum atomic E-state index is 12.0. The molecule has 0 atom stereocenters. The minimum atomic E-state index is -1.01. The summed E-state index contributed by atoms with van der Waals surface area (Å²) >= 11 is 3.36. The highest BCUT2D eigenvalue weighted by molar-refractivity contribution is 9.10. The topological polar surface area (TPSA) is 69.6 Å². The van der Waals surface area contributed by atoms with Crippen LogP contribution in [0.25, 0.3) is 0 Å². The van der Waals surface area contributed by atoms with Gasteiger partial charge in [0.1, 0.15) is 6.54 Å². The molecule has 2 N–H and O–H groups in total. The monoisotopic (exact) mass is 342 g/mol. The summed E-state index contributed by atoms with van der Waals surface area (Å²) in [6.07, 6.45) is 0. The predicted octanol–water partition coefficient (Wildman–Crippen LogP) is 2.70.